The molecule has 0 bridgehead atoms. The predicted octanol–water partition coefficient (Wildman–Crippen LogP) is 13.4. The van der Waals surface area contributed by atoms with Crippen LogP contribution >= 0.6 is 0 Å². The summed E-state index contributed by atoms with van der Waals surface area (Å²) in [6.07, 6.45) is 18.2. The zero-order valence-corrected chi connectivity index (χ0v) is 26.8. The van der Waals surface area contributed by atoms with Crippen LogP contribution in [0.2, 0.25) is 0 Å². The van der Waals surface area contributed by atoms with E-state index in [0.29, 0.717) is 0 Å². The van der Waals surface area contributed by atoms with Crippen molar-refractivity contribution in [3.05, 3.63) is 0 Å². The molecule has 0 amide bonds. The molecule has 2 rings (SSSR count). The van der Waals surface area contributed by atoms with Crippen LogP contribution in [0.3, 0.4) is 0 Å². The van der Waals surface area contributed by atoms with Gasteiger partial charge in [-0.1, -0.05) is 188 Å². The van der Waals surface area contributed by atoms with Crippen LogP contribution in [0.25, 0.3) is 0 Å². The lowest BCUT2D eigenvalue weighted by molar-refractivity contribution is 0.201. The van der Waals surface area contributed by atoms with E-state index in [-0.39, 0.29) is 0 Å². The van der Waals surface area contributed by atoms with Crippen LogP contribution in [0.4, 0.5) is 0 Å². The third-order valence-corrected chi connectivity index (χ3v) is 5.75. The molecule has 2 aliphatic rings. The van der Waals surface area contributed by atoms with Gasteiger partial charge in [-0.05, 0) is 23.7 Å². The van der Waals surface area contributed by atoms with E-state index in [1.54, 1.807) is 25.7 Å². The van der Waals surface area contributed by atoms with Crippen LogP contribution in [-0.2, 0) is 0 Å². The van der Waals surface area contributed by atoms with Crippen LogP contribution < -0.4 is 0 Å². The smallest absolute Gasteiger partial charge is 0.0386 e. The maximum Gasteiger partial charge on any atom is -0.0386 e. The number of rotatable bonds is 1. The normalized spacial score (nSPS) is 24.0. The molecule has 0 aromatic heterocycles. The van der Waals surface area contributed by atoms with Gasteiger partial charge in [-0.2, -0.15) is 0 Å². The van der Waals surface area contributed by atoms with Gasteiger partial charge in [-0.3, -0.25) is 0 Å². The van der Waals surface area contributed by atoms with E-state index in [1.807, 2.05) is 96.9 Å². The second kappa shape index (κ2) is 48.4. The maximum atomic E-state index is 2.46. The highest BCUT2D eigenvalue weighted by atomic mass is 14.3. The Morgan fingerprint density at radius 3 is 0.594 bits per heavy atom. The molecular weight excluding hydrogens is 384 g/mol. The van der Waals surface area contributed by atoms with E-state index < -0.39 is 0 Å². The minimum atomic E-state index is 1.00. The fourth-order valence-corrected chi connectivity index (χ4v) is 4.43. The highest BCUT2D eigenvalue weighted by molar-refractivity contribution is 4.76. The first kappa shape index (κ1) is 45.5. The molecule has 0 spiro atoms. The molecule has 0 aromatic carbocycles. The zero-order valence-electron chi connectivity index (χ0n) is 26.8. The average molecular weight is 461 g/mol. The van der Waals surface area contributed by atoms with Crippen molar-refractivity contribution in [2.45, 2.75) is 188 Å². The van der Waals surface area contributed by atoms with Crippen LogP contribution in [0.15, 0.2) is 0 Å². The summed E-state index contributed by atoms with van der Waals surface area (Å²) in [5.74, 6) is 4.19. The molecule has 2 saturated carbocycles. The first-order valence-corrected chi connectivity index (χ1v) is 15.8. The molecule has 0 aliphatic heterocycles. The van der Waals surface area contributed by atoms with Crippen LogP contribution in [-0.4, -0.2) is 0 Å². The van der Waals surface area contributed by atoms with Gasteiger partial charge in [0.2, 0.25) is 0 Å². The van der Waals surface area contributed by atoms with Crippen LogP contribution in [0.5, 0.6) is 0 Å². The molecular formula is C32H76. The fourth-order valence-electron chi connectivity index (χ4n) is 4.43. The monoisotopic (exact) mass is 461 g/mol. The summed E-state index contributed by atoms with van der Waals surface area (Å²) in [5.41, 5.74) is 0. The van der Waals surface area contributed by atoms with Crippen LogP contribution in [0.1, 0.15) is 188 Å². The third kappa shape index (κ3) is 32.2. The molecule has 0 atom stereocenters. The molecule has 0 aromatic rings. The number of hydrogen-bond donors (Lipinski definition) is 0. The van der Waals surface area contributed by atoms with Crippen molar-refractivity contribution in [3.8, 4) is 0 Å². The third-order valence-electron chi connectivity index (χ3n) is 5.75. The Morgan fingerprint density at radius 2 is 0.438 bits per heavy atom. The van der Waals surface area contributed by atoms with Crippen molar-refractivity contribution in [2.75, 3.05) is 0 Å². The van der Waals surface area contributed by atoms with Crippen molar-refractivity contribution < 1.29 is 0 Å². The Hall–Kier alpha value is 0. The van der Waals surface area contributed by atoms with Gasteiger partial charge in [0.25, 0.3) is 0 Å². The summed E-state index contributed by atoms with van der Waals surface area (Å²) < 4.78 is 0. The molecule has 0 heteroatoms. The van der Waals surface area contributed by atoms with E-state index >= 15 is 0 Å². The van der Waals surface area contributed by atoms with Gasteiger partial charge in [0.15, 0.2) is 0 Å². The van der Waals surface area contributed by atoms with Crippen molar-refractivity contribution in [1.82, 2.24) is 0 Å². The summed E-state index contributed by atoms with van der Waals surface area (Å²) in [7, 11) is 0. The fraction of sp³-hybridized carbons (Fsp3) is 1.00. The van der Waals surface area contributed by atoms with E-state index in [4.69, 9.17) is 0 Å². The Kier molecular flexibility index (Phi) is 68.9. The lowest BCUT2D eigenvalue weighted by Crippen LogP contribution is -2.19. The summed E-state index contributed by atoms with van der Waals surface area (Å²) >= 11 is 0. The minimum Gasteiger partial charge on any atom is -0.0683 e. The molecule has 0 saturated heterocycles. The maximum absolute atomic E-state index is 2.46. The van der Waals surface area contributed by atoms with Gasteiger partial charge in [0, 0.05) is 0 Å². The van der Waals surface area contributed by atoms with Gasteiger partial charge in [-0.25, -0.2) is 0 Å². The van der Waals surface area contributed by atoms with Crippen molar-refractivity contribution in [1.29, 1.82) is 0 Å². The van der Waals surface area contributed by atoms with Crippen LogP contribution in [0, 0.1) is 23.7 Å². The lowest BCUT2D eigenvalue weighted by atomic mass is 9.74. The van der Waals surface area contributed by atoms with Crippen molar-refractivity contribution in [3.63, 3.8) is 0 Å². The Balaban J connectivity index is -0.000000103. The van der Waals surface area contributed by atoms with E-state index in [2.05, 4.69) is 13.8 Å². The highest BCUT2D eigenvalue weighted by Gasteiger charge is 2.24. The molecule has 0 heterocycles. The summed E-state index contributed by atoms with van der Waals surface area (Å²) in [4.78, 5) is 0. The van der Waals surface area contributed by atoms with Crippen molar-refractivity contribution in [2.24, 2.45) is 23.7 Å². The largest absolute Gasteiger partial charge is 0.0683 e. The quantitative estimate of drug-likeness (QED) is 0.365. The number of hydrogen-bond acceptors (Lipinski definition) is 0. The Bertz CT molecular complexity index is 176. The zero-order chi connectivity index (χ0) is 26.8. The topological polar surface area (TPSA) is 0 Å². The summed E-state index contributed by atoms with van der Waals surface area (Å²) in [6, 6.07) is 0. The SMILES string of the molecule is CC.CC.CC.CC.CC.CC.CC.CC1CCCC(C2CCCC(C)CCC2)CCC1. The summed E-state index contributed by atoms with van der Waals surface area (Å²) in [5, 5.41) is 0. The molecule has 2 fully saturated rings. The minimum absolute atomic E-state index is 1.00. The van der Waals surface area contributed by atoms with Gasteiger partial charge < -0.3 is 0 Å². The molecule has 0 N–H and O–H groups in total. The first-order chi connectivity index (χ1) is 15.8. The average Bonchev–Trinajstić information content (AvgIpc) is 2.87. The predicted molar refractivity (Wildman–Crippen MR) is 160 cm³/mol. The second-order valence-corrected chi connectivity index (χ2v) is 7.45. The molecule has 0 unspecified atom stereocenters. The molecule has 0 radical (unpaired) electrons. The van der Waals surface area contributed by atoms with Crippen molar-refractivity contribution >= 4 is 0 Å². The van der Waals surface area contributed by atoms with Gasteiger partial charge in [0.05, 0.1) is 0 Å². The molecule has 0 nitrogen and oxygen atoms in total. The van der Waals surface area contributed by atoms with Gasteiger partial charge >= 0.3 is 0 Å². The van der Waals surface area contributed by atoms with Gasteiger partial charge in [0.1, 0.15) is 0 Å². The highest BCUT2D eigenvalue weighted by Crippen LogP contribution is 2.37. The second-order valence-electron chi connectivity index (χ2n) is 7.45. The van der Waals surface area contributed by atoms with Gasteiger partial charge in [-0.15, -0.1) is 0 Å². The first-order valence-electron chi connectivity index (χ1n) is 15.8. The van der Waals surface area contributed by atoms with E-state index in [9.17, 15) is 0 Å². The molecule has 32 heavy (non-hydrogen) atoms. The van der Waals surface area contributed by atoms with E-state index in [0.717, 1.165) is 23.7 Å². The Labute approximate surface area is 211 Å². The standard InChI is InChI=1S/C18H34.7C2H6/c1-15-7-3-11-17(12-4-8-15)18-13-5-9-16(2)10-6-14-18;7*1-2/h15-18H,3-14H2,1-2H3;7*1-2H3. The summed E-state index contributed by atoms with van der Waals surface area (Å²) in [6.45, 7) is 32.9. The molecule has 204 valence electrons. The van der Waals surface area contributed by atoms with E-state index in [1.165, 1.54) is 51.4 Å². The Morgan fingerprint density at radius 1 is 0.281 bits per heavy atom. The molecule has 2 aliphatic carbocycles. The lowest BCUT2D eigenvalue weighted by Gasteiger charge is -2.32.